The zero-order valence-corrected chi connectivity index (χ0v) is 9.04. The highest BCUT2D eigenvalue weighted by Crippen LogP contribution is 2.28. The van der Waals surface area contributed by atoms with E-state index in [-0.39, 0.29) is 5.75 Å². The van der Waals surface area contributed by atoms with Gasteiger partial charge in [-0.05, 0) is 6.07 Å². The average molecular weight is 222 g/mol. The Morgan fingerprint density at radius 3 is 2.87 bits per heavy atom. The molecule has 1 rings (SSSR count). The van der Waals surface area contributed by atoms with Crippen LogP contribution in [-0.2, 0) is 0 Å². The van der Waals surface area contributed by atoms with Crippen molar-refractivity contribution in [1.82, 2.24) is 0 Å². The summed E-state index contributed by atoms with van der Waals surface area (Å²) in [5.74, 6) is 6.12. The van der Waals surface area contributed by atoms with Crippen LogP contribution in [-0.4, -0.2) is 24.3 Å². The molecule has 1 aromatic rings. The molecule has 0 aromatic heterocycles. The molecule has 0 saturated heterocycles. The molecule has 0 amide bonds. The van der Waals surface area contributed by atoms with E-state index in [1.165, 1.54) is 19.2 Å². The van der Waals surface area contributed by atoms with Crippen molar-refractivity contribution in [3.63, 3.8) is 0 Å². The number of benzene rings is 1. The van der Waals surface area contributed by atoms with E-state index in [4.69, 9.17) is 4.74 Å². The summed E-state index contributed by atoms with van der Waals surface area (Å²) in [7, 11) is 1.44. The lowest BCUT2D eigenvalue weighted by atomic mass is 10.1. The van der Waals surface area contributed by atoms with Crippen molar-refractivity contribution >= 4 is 18.9 Å². The molecule has 0 aliphatic carbocycles. The first-order valence-corrected chi connectivity index (χ1v) is 4.82. The Kier molecular flexibility index (Phi) is 4.07. The van der Waals surface area contributed by atoms with Crippen LogP contribution in [0.2, 0.25) is 0 Å². The Morgan fingerprint density at radius 2 is 2.33 bits per heavy atom. The third-order valence-electron chi connectivity index (χ3n) is 1.78. The molecule has 0 spiro atoms. The smallest absolute Gasteiger partial charge is 0.161 e. The Balaban J connectivity index is 3.28. The van der Waals surface area contributed by atoms with Crippen LogP contribution in [0.1, 0.15) is 15.9 Å². The van der Waals surface area contributed by atoms with Gasteiger partial charge >= 0.3 is 0 Å². The maximum atomic E-state index is 10.7. The number of methoxy groups -OCH3 is 1. The van der Waals surface area contributed by atoms with E-state index < -0.39 is 0 Å². The van der Waals surface area contributed by atoms with Gasteiger partial charge in [0.25, 0.3) is 0 Å². The second kappa shape index (κ2) is 5.32. The van der Waals surface area contributed by atoms with Gasteiger partial charge in [0.05, 0.1) is 12.9 Å². The molecular weight excluding hydrogens is 212 g/mol. The Bertz CT molecular complexity index is 429. The largest absolute Gasteiger partial charge is 0.504 e. The Labute approximate surface area is 93.5 Å². The van der Waals surface area contributed by atoms with Crippen molar-refractivity contribution in [2.45, 2.75) is 0 Å². The molecule has 0 bridgehead atoms. The topological polar surface area (TPSA) is 46.5 Å². The molecule has 1 N–H and O–H groups in total. The lowest BCUT2D eigenvalue weighted by Crippen LogP contribution is -1.91. The average Bonchev–Trinajstić information content (AvgIpc) is 2.26. The lowest BCUT2D eigenvalue weighted by molar-refractivity contribution is 0.112. The summed E-state index contributed by atoms with van der Waals surface area (Å²) in [6.07, 6.45) is 0.641. The van der Waals surface area contributed by atoms with E-state index in [0.717, 1.165) is 0 Å². The molecular formula is C11H10O3S. The summed E-state index contributed by atoms with van der Waals surface area (Å²) < 4.78 is 4.91. The third kappa shape index (κ3) is 2.67. The first-order valence-electron chi connectivity index (χ1n) is 4.18. The second-order valence-electron chi connectivity index (χ2n) is 2.69. The van der Waals surface area contributed by atoms with Crippen LogP contribution in [0.25, 0.3) is 0 Å². The van der Waals surface area contributed by atoms with E-state index in [1.807, 2.05) is 0 Å². The van der Waals surface area contributed by atoms with Gasteiger partial charge in [-0.1, -0.05) is 11.8 Å². The van der Waals surface area contributed by atoms with Gasteiger partial charge < -0.3 is 9.84 Å². The fourth-order valence-corrected chi connectivity index (χ4v) is 1.17. The summed E-state index contributed by atoms with van der Waals surface area (Å²) >= 11 is 3.94. The van der Waals surface area contributed by atoms with E-state index in [2.05, 4.69) is 24.5 Å². The molecule has 0 heterocycles. The zero-order valence-electron chi connectivity index (χ0n) is 8.15. The van der Waals surface area contributed by atoms with E-state index >= 15 is 0 Å². The highest BCUT2D eigenvalue weighted by atomic mass is 32.1. The maximum absolute atomic E-state index is 10.7. The number of rotatable bonds is 2. The second-order valence-corrected chi connectivity index (χ2v) is 3.01. The number of carbonyl (C=O) groups excluding carboxylic acids is 1. The maximum Gasteiger partial charge on any atom is 0.161 e. The minimum absolute atomic E-state index is 0.0731. The predicted octanol–water partition coefficient (Wildman–Crippen LogP) is 1.49. The highest BCUT2D eigenvalue weighted by molar-refractivity contribution is 7.80. The van der Waals surface area contributed by atoms with Gasteiger partial charge in [0.15, 0.2) is 17.8 Å². The van der Waals surface area contributed by atoms with Crippen LogP contribution in [0.4, 0.5) is 0 Å². The zero-order chi connectivity index (χ0) is 11.3. The third-order valence-corrected chi connectivity index (χ3v) is 1.94. The predicted molar refractivity (Wildman–Crippen MR) is 60.8 cm³/mol. The molecule has 0 aliphatic rings. The molecule has 0 unspecified atom stereocenters. The van der Waals surface area contributed by atoms with Crippen LogP contribution in [0.15, 0.2) is 12.1 Å². The number of hydrogen-bond donors (Lipinski definition) is 2. The molecule has 15 heavy (non-hydrogen) atoms. The van der Waals surface area contributed by atoms with Crippen molar-refractivity contribution in [1.29, 1.82) is 0 Å². The SMILES string of the molecule is COc1cc(C#CCS)c(C=O)cc1O. The van der Waals surface area contributed by atoms with Crippen LogP contribution in [0, 0.1) is 11.8 Å². The molecule has 3 nitrogen and oxygen atoms in total. The molecule has 0 fully saturated rings. The summed E-state index contributed by atoms with van der Waals surface area (Å²) in [6.45, 7) is 0. The number of aromatic hydroxyl groups is 1. The van der Waals surface area contributed by atoms with Gasteiger partial charge in [0.1, 0.15) is 0 Å². The minimum atomic E-state index is -0.0731. The van der Waals surface area contributed by atoms with E-state index in [9.17, 15) is 9.90 Å². The molecule has 0 atom stereocenters. The standard InChI is InChI=1S/C11H10O3S/c1-14-11-6-8(3-2-4-15)9(7-12)5-10(11)13/h5-7,13,15H,4H2,1H3. The summed E-state index contributed by atoms with van der Waals surface area (Å²) in [5, 5.41) is 9.43. The van der Waals surface area contributed by atoms with E-state index in [0.29, 0.717) is 28.9 Å². The van der Waals surface area contributed by atoms with Gasteiger partial charge in [-0.2, -0.15) is 12.6 Å². The number of ether oxygens (including phenoxy) is 1. The van der Waals surface area contributed by atoms with Crippen molar-refractivity contribution in [2.24, 2.45) is 0 Å². The van der Waals surface area contributed by atoms with Gasteiger partial charge in [0.2, 0.25) is 0 Å². The van der Waals surface area contributed by atoms with Crippen molar-refractivity contribution < 1.29 is 14.6 Å². The van der Waals surface area contributed by atoms with Gasteiger partial charge in [0, 0.05) is 17.2 Å². The molecule has 78 valence electrons. The number of thiol groups is 1. The minimum Gasteiger partial charge on any atom is -0.504 e. The number of hydrogen-bond acceptors (Lipinski definition) is 4. The molecule has 0 aliphatic heterocycles. The number of carbonyl (C=O) groups is 1. The molecule has 0 saturated carbocycles. The van der Waals surface area contributed by atoms with Gasteiger partial charge in [-0.25, -0.2) is 0 Å². The van der Waals surface area contributed by atoms with Crippen LogP contribution >= 0.6 is 12.6 Å². The fourth-order valence-electron chi connectivity index (χ4n) is 1.09. The highest BCUT2D eigenvalue weighted by Gasteiger charge is 2.07. The summed E-state index contributed by atoms with van der Waals surface area (Å²) in [6, 6.07) is 2.85. The van der Waals surface area contributed by atoms with Crippen LogP contribution < -0.4 is 4.74 Å². The van der Waals surface area contributed by atoms with Gasteiger partial charge in [-0.15, -0.1) is 0 Å². The summed E-state index contributed by atoms with van der Waals surface area (Å²) in [4.78, 5) is 10.7. The van der Waals surface area contributed by atoms with Gasteiger partial charge in [-0.3, -0.25) is 4.79 Å². The van der Waals surface area contributed by atoms with Crippen molar-refractivity contribution in [3.05, 3.63) is 23.3 Å². The number of aldehydes is 1. The van der Waals surface area contributed by atoms with E-state index in [1.54, 1.807) is 0 Å². The van der Waals surface area contributed by atoms with Crippen molar-refractivity contribution in [3.8, 4) is 23.3 Å². The number of phenols is 1. The fraction of sp³-hybridized carbons (Fsp3) is 0.182. The quantitative estimate of drug-likeness (QED) is 0.453. The molecule has 4 heteroatoms. The Hall–Kier alpha value is -1.60. The first kappa shape index (κ1) is 11.5. The molecule has 1 aromatic carbocycles. The lowest BCUT2D eigenvalue weighted by Gasteiger charge is -2.05. The van der Waals surface area contributed by atoms with Crippen molar-refractivity contribution in [2.75, 3.05) is 12.9 Å². The number of phenolic OH excluding ortho intramolecular Hbond substituents is 1. The first-order chi connectivity index (χ1) is 7.22. The van der Waals surface area contributed by atoms with Crippen LogP contribution in [0.5, 0.6) is 11.5 Å². The monoisotopic (exact) mass is 222 g/mol. The Morgan fingerprint density at radius 1 is 1.60 bits per heavy atom. The molecule has 0 radical (unpaired) electrons. The normalized spacial score (nSPS) is 8.93. The van der Waals surface area contributed by atoms with Crippen LogP contribution in [0.3, 0.4) is 0 Å². The summed E-state index contributed by atoms with van der Waals surface area (Å²) in [5.41, 5.74) is 0.858.